The summed E-state index contributed by atoms with van der Waals surface area (Å²) in [6.45, 7) is -0.820. The fraction of sp³-hybridized carbons (Fsp3) is 0.800. The van der Waals surface area contributed by atoms with Gasteiger partial charge >= 0.3 is 12.1 Å². The van der Waals surface area contributed by atoms with E-state index in [0.29, 0.717) is 19.4 Å². The zero-order valence-electron chi connectivity index (χ0n) is 9.66. The Morgan fingerprint density at radius 2 is 2.06 bits per heavy atom. The van der Waals surface area contributed by atoms with Gasteiger partial charge in [-0.25, -0.2) is 0 Å². The second kappa shape index (κ2) is 6.03. The van der Waals surface area contributed by atoms with E-state index in [2.05, 4.69) is 0 Å². The van der Waals surface area contributed by atoms with Crippen LogP contribution in [0.1, 0.15) is 12.8 Å². The standard InChI is InChI=1S/C10H15F3N2O3/c11-10(12,13)6-14-8(16)5-15-3-1-2-7(4-15)9(17)18/h7H,1-6H2,(H,14,16)(H,17,18). The molecule has 0 bridgehead atoms. The Bertz CT molecular complexity index is 320. The summed E-state index contributed by atoms with van der Waals surface area (Å²) in [5.74, 6) is -2.22. The van der Waals surface area contributed by atoms with Crippen molar-refractivity contribution >= 4 is 11.9 Å². The van der Waals surface area contributed by atoms with Gasteiger partial charge in [-0.1, -0.05) is 0 Å². The molecule has 1 fully saturated rings. The second-order valence-corrected chi connectivity index (χ2v) is 4.30. The summed E-state index contributed by atoms with van der Waals surface area (Å²) in [4.78, 5) is 23.6. The molecule has 104 valence electrons. The molecular weight excluding hydrogens is 253 g/mol. The average Bonchev–Trinajstić information content (AvgIpc) is 2.26. The van der Waals surface area contributed by atoms with Crippen molar-refractivity contribution in [2.45, 2.75) is 19.0 Å². The Morgan fingerprint density at radius 1 is 1.39 bits per heavy atom. The molecule has 1 rings (SSSR count). The number of carbonyl (C=O) groups excluding carboxylic acids is 1. The van der Waals surface area contributed by atoms with E-state index in [1.54, 1.807) is 10.2 Å². The maximum absolute atomic E-state index is 11.9. The second-order valence-electron chi connectivity index (χ2n) is 4.30. The predicted molar refractivity (Wildman–Crippen MR) is 55.9 cm³/mol. The first-order valence-corrected chi connectivity index (χ1v) is 5.56. The van der Waals surface area contributed by atoms with Crippen LogP contribution in [-0.4, -0.2) is 54.2 Å². The van der Waals surface area contributed by atoms with Crippen molar-refractivity contribution in [3.63, 3.8) is 0 Å². The van der Waals surface area contributed by atoms with Crippen LogP contribution in [0, 0.1) is 5.92 Å². The highest BCUT2D eigenvalue weighted by Gasteiger charge is 2.29. The van der Waals surface area contributed by atoms with Gasteiger partial charge in [0.1, 0.15) is 6.54 Å². The van der Waals surface area contributed by atoms with Crippen LogP contribution in [0.4, 0.5) is 13.2 Å². The minimum Gasteiger partial charge on any atom is -0.481 e. The number of halogens is 3. The van der Waals surface area contributed by atoms with Crippen LogP contribution in [0.2, 0.25) is 0 Å². The summed E-state index contributed by atoms with van der Waals surface area (Å²) in [6.07, 6.45) is -3.26. The highest BCUT2D eigenvalue weighted by atomic mass is 19.4. The third-order valence-electron chi connectivity index (χ3n) is 2.71. The summed E-state index contributed by atoms with van der Waals surface area (Å²) < 4.78 is 35.6. The Morgan fingerprint density at radius 3 is 2.61 bits per heavy atom. The molecule has 1 amide bonds. The monoisotopic (exact) mass is 268 g/mol. The first-order chi connectivity index (χ1) is 8.28. The quantitative estimate of drug-likeness (QED) is 0.777. The van der Waals surface area contributed by atoms with Crippen molar-refractivity contribution in [1.82, 2.24) is 10.2 Å². The zero-order chi connectivity index (χ0) is 13.8. The molecular formula is C10H15F3N2O3. The number of alkyl halides is 3. The van der Waals surface area contributed by atoms with Gasteiger partial charge in [0.25, 0.3) is 0 Å². The van der Waals surface area contributed by atoms with E-state index in [4.69, 9.17) is 5.11 Å². The van der Waals surface area contributed by atoms with E-state index in [0.717, 1.165) is 0 Å². The van der Waals surface area contributed by atoms with Gasteiger partial charge in [0.15, 0.2) is 0 Å². The number of likely N-dealkylation sites (tertiary alicyclic amines) is 1. The molecule has 5 nitrogen and oxygen atoms in total. The number of hydrogen-bond donors (Lipinski definition) is 2. The molecule has 1 atom stereocenters. The minimum atomic E-state index is -4.43. The van der Waals surface area contributed by atoms with Crippen molar-refractivity contribution < 1.29 is 27.9 Å². The van der Waals surface area contributed by atoms with E-state index in [-0.39, 0.29) is 13.1 Å². The molecule has 0 aliphatic carbocycles. The number of nitrogens with one attached hydrogen (secondary N) is 1. The Hall–Kier alpha value is -1.31. The molecule has 1 heterocycles. The molecule has 18 heavy (non-hydrogen) atoms. The van der Waals surface area contributed by atoms with Gasteiger partial charge < -0.3 is 10.4 Å². The number of carboxylic acid groups (broad SMARTS) is 1. The van der Waals surface area contributed by atoms with Crippen LogP contribution in [0.15, 0.2) is 0 Å². The number of amides is 1. The third kappa shape index (κ3) is 5.35. The fourth-order valence-electron chi connectivity index (χ4n) is 1.86. The number of nitrogens with zero attached hydrogens (tertiary/aromatic N) is 1. The SMILES string of the molecule is O=C(CN1CCCC(C(=O)O)C1)NCC(F)(F)F. The molecule has 0 aromatic carbocycles. The largest absolute Gasteiger partial charge is 0.481 e. The lowest BCUT2D eigenvalue weighted by Crippen LogP contribution is -2.45. The molecule has 1 saturated heterocycles. The van der Waals surface area contributed by atoms with E-state index >= 15 is 0 Å². The van der Waals surface area contributed by atoms with Gasteiger partial charge in [0, 0.05) is 6.54 Å². The zero-order valence-corrected chi connectivity index (χ0v) is 9.66. The van der Waals surface area contributed by atoms with Gasteiger partial charge in [-0.15, -0.1) is 0 Å². The molecule has 1 unspecified atom stereocenters. The first-order valence-electron chi connectivity index (χ1n) is 5.56. The summed E-state index contributed by atoms with van der Waals surface area (Å²) in [6, 6.07) is 0. The average molecular weight is 268 g/mol. The molecule has 2 N–H and O–H groups in total. The van der Waals surface area contributed by atoms with Crippen LogP contribution in [-0.2, 0) is 9.59 Å². The lowest BCUT2D eigenvalue weighted by molar-refractivity contribution is -0.144. The minimum absolute atomic E-state index is 0.195. The number of hydrogen-bond acceptors (Lipinski definition) is 3. The highest BCUT2D eigenvalue weighted by Crippen LogP contribution is 2.16. The molecule has 0 radical (unpaired) electrons. The van der Waals surface area contributed by atoms with Crippen molar-refractivity contribution in [3.05, 3.63) is 0 Å². The molecule has 0 spiro atoms. The van der Waals surface area contributed by atoms with Gasteiger partial charge in [0.05, 0.1) is 12.5 Å². The van der Waals surface area contributed by atoms with Crippen molar-refractivity contribution in [1.29, 1.82) is 0 Å². The summed E-state index contributed by atoms with van der Waals surface area (Å²) in [5.41, 5.74) is 0. The van der Waals surface area contributed by atoms with Crippen molar-refractivity contribution in [2.75, 3.05) is 26.2 Å². The van der Waals surface area contributed by atoms with Gasteiger partial charge in [0.2, 0.25) is 5.91 Å². The molecule has 0 aromatic rings. The highest BCUT2D eigenvalue weighted by molar-refractivity contribution is 5.78. The molecule has 1 aliphatic heterocycles. The number of carboxylic acids is 1. The normalized spacial score (nSPS) is 21.6. The van der Waals surface area contributed by atoms with Crippen LogP contribution < -0.4 is 5.32 Å². The molecule has 8 heteroatoms. The number of piperidine rings is 1. The number of rotatable bonds is 4. The van der Waals surface area contributed by atoms with Crippen LogP contribution in [0.25, 0.3) is 0 Å². The molecule has 0 aromatic heterocycles. The third-order valence-corrected chi connectivity index (χ3v) is 2.71. The fourth-order valence-corrected chi connectivity index (χ4v) is 1.86. The maximum Gasteiger partial charge on any atom is 0.405 e. The Labute approximate surface area is 102 Å². The predicted octanol–water partition coefficient (Wildman–Crippen LogP) is 0.462. The Balaban J connectivity index is 2.33. The maximum atomic E-state index is 11.9. The van der Waals surface area contributed by atoms with Crippen molar-refractivity contribution in [3.8, 4) is 0 Å². The van der Waals surface area contributed by atoms with E-state index in [1.807, 2.05) is 0 Å². The molecule has 0 saturated carbocycles. The van der Waals surface area contributed by atoms with Gasteiger partial charge in [-0.05, 0) is 19.4 Å². The lowest BCUT2D eigenvalue weighted by atomic mass is 9.98. The van der Waals surface area contributed by atoms with Crippen molar-refractivity contribution in [2.24, 2.45) is 5.92 Å². The number of aliphatic carboxylic acids is 1. The topological polar surface area (TPSA) is 69.6 Å². The van der Waals surface area contributed by atoms with E-state index in [1.165, 1.54) is 0 Å². The number of carbonyl (C=O) groups is 2. The summed E-state index contributed by atoms with van der Waals surface area (Å²) in [5, 5.41) is 10.6. The molecule has 1 aliphatic rings. The van der Waals surface area contributed by atoms with Crippen LogP contribution >= 0.6 is 0 Å². The summed E-state index contributed by atoms with van der Waals surface area (Å²) >= 11 is 0. The van der Waals surface area contributed by atoms with E-state index in [9.17, 15) is 22.8 Å². The van der Waals surface area contributed by atoms with Crippen LogP contribution in [0.5, 0.6) is 0 Å². The van der Waals surface area contributed by atoms with Crippen LogP contribution in [0.3, 0.4) is 0 Å². The van der Waals surface area contributed by atoms with Gasteiger partial charge in [-0.2, -0.15) is 13.2 Å². The lowest BCUT2D eigenvalue weighted by Gasteiger charge is -2.29. The van der Waals surface area contributed by atoms with Gasteiger partial charge in [-0.3, -0.25) is 14.5 Å². The summed E-state index contributed by atoms with van der Waals surface area (Å²) in [7, 11) is 0. The Kier molecular flexibility index (Phi) is 4.94. The van der Waals surface area contributed by atoms with E-state index < -0.39 is 30.5 Å². The smallest absolute Gasteiger partial charge is 0.405 e. The first kappa shape index (κ1) is 14.7.